The van der Waals surface area contributed by atoms with E-state index in [-0.39, 0.29) is 4.90 Å². The second-order valence-electron chi connectivity index (χ2n) is 4.98. The lowest BCUT2D eigenvalue weighted by molar-refractivity contribution is 0.597. The molecule has 0 unspecified atom stereocenters. The average Bonchev–Trinajstić information content (AvgIpc) is 2.92. The van der Waals surface area contributed by atoms with Crippen molar-refractivity contribution in [2.75, 3.05) is 7.05 Å². The van der Waals surface area contributed by atoms with Crippen LogP contribution >= 0.6 is 11.3 Å². The van der Waals surface area contributed by atoms with E-state index in [1.807, 2.05) is 6.07 Å². The predicted molar refractivity (Wildman–Crippen MR) is 93.9 cm³/mol. The Hall–Kier alpha value is -1.90. The van der Waals surface area contributed by atoms with Gasteiger partial charge in [-0.3, -0.25) is 4.99 Å². The van der Waals surface area contributed by atoms with E-state index in [1.165, 1.54) is 15.8 Å². The number of primary sulfonamides is 1. The van der Waals surface area contributed by atoms with Crippen molar-refractivity contribution in [3.63, 3.8) is 0 Å². The molecule has 0 saturated heterocycles. The number of hydrogen-bond acceptors (Lipinski definition) is 4. The van der Waals surface area contributed by atoms with Crippen molar-refractivity contribution in [3.05, 3.63) is 51.7 Å². The van der Waals surface area contributed by atoms with Crippen LogP contribution in [0.15, 0.2) is 46.3 Å². The van der Waals surface area contributed by atoms with Gasteiger partial charge in [0.2, 0.25) is 10.0 Å². The molecular weight excluding hydrogens is 332 g/mol. The highest BCUT2D eigenvalue weighted by molar-refractivity contribution is 7.89. The fourth-order valence-corrected chi connectivity index (χ4v) is 3.40. The normalized spacial score (nSPS) is 12.2. The molecule has 0 atom stereocenters. The maximum absolute atomic E-state index is 11.4. The van der Waals surface area contributed by atoms with Crippen LogP contribution in [0.1, 0.15) is 15.3 Å². The molecule has 23 heavy (non-hydrogen) atoms. The molecule has 124 valence electrons. The number of nitrogens with zero attached hydrogens (tertiary/aromatic N) is 1. The Morgan fingerprint density at radius 1 is 1.22 bits per heavy atom. The second-order valence-corrected chi connectivity index (χ2v) is 7.92. The number of guanidine groups is 1. The molecule has 0 amide bonds. The highest BCUT2D eigenvalue weighted by Gasteiger charge is 2.08. The third-order valence-corrected chi connectivity index (χ3v) is 5.05. The molecule has 0 aliphatic heterocycles. The first-order chi connectivity index (χ1) is 10.9. The maximum atomic E-state index is 11.4. The minimum absolute atomic E-state index is 0.105. The van der Waals surface area contributed by atoms with Gasteiger partial charge in [0.15, 0.2) is 5.96 Å². The molecule has 6 nitrogen and oxygen atoms in total. The van der Waals surface area contributed by atoms with E-state index in [1.54, 1.807) is 30.5 Å². The van der Waals surface area contributed by atoms with Gasteiger partial charge in [-0.2, -0.15) is 0 Å². The summed E-state index contributed by atoms with van der Waals surface area (Å²) in [5.41, 5.74) is 0.812. The minimum Gasteiger partial charge on any atom is -0.352 e. The third-order valence-electron chi connectivity index (χ3n) is 3.14. The molecule has 2 aromatic rings. The van der Waals surface area contributed by atoms with Gasteiger partial charge in [-0.05, 0) is 36.8 Å². The summed E-state index contributed by atoms with van der Waals surface area (Å²) in [6, 6.07) is 10.7. The summed E-state index contributed by atoms with van der Waals surface area (Å²) in [4.78, 5) is 6.75. The monoisotopic (exact) mass is 352 g/mol. The first kappa shape index (κ1) is 17.5. The summed E-state index contributed by atoms with van der Waals surface area (Å²) in [5.74, 6) is 0.650. The zero-order valence-electron chi connectivity index (χ0n) is 13.0. The SMILES string of the molecule is CN=C(NCc1cccc(S(N)(=O)=O)c1)NCc1ccc(C)s1. The van der Waals surface area contributed by atoms with Gasteiger partial charge in [0.05, 0.1) is 11.4 Å². The molecule has 1 aromatic heterocycles. The van der Waals surface area contributed by atoms with Gasteiger partial charge in [-0.15, -0.1) is 11.3 Å². The van der Waals surface area contributed by atoms with Crippen molar-refractivity contribution >= 4 is 27.3 Å². The molecule has 4 N–H and O–H groups in total. The number of hydrogen-bond donors (Lipinski definition) is 3. The van der Waals surface area contributed by atoms with Gasteiger partial charge in [0, 0.05) is 23.3 Å². The first-order valence-corrected chi connectivity index (χ1v) is 9.36. The summed E-state index contributed by atoms with van der Waals surface area (Å²) in [6.07, 6.45) is 0. The average molecular weight is 352 g/mol. The van der Waals surface area contributed by atoms with Crippen LogP contribution in [0.2, 0.25) is 0 Å². The maximum Gasteiger partial charge on any atom is 0.238 e. The molecular formula is C15H20N4O2S2. The van der Waals surface area contributed by atoms with Gasteiger partial charge < -0.3 is 10.6 Å². The van der Waals surface area contributed by atoms with Gasteiger partial charge in [0.25, 0.3) is 0 Å². The highest BCUT2D eigenvalue weighted by atomic mass is 32.2. The van der Waals surface area contributed by atoms with Crippen LogP contribution in [0.5, 0.6) is 0 Å². The number of sulfonamides is 1. The fraction of sp³-hybridized carbons (Fsp3) is 0.267. The Balaban J connectivity index is 1.93. The predicted octanol–water partition coefficient (Wildman–Crippen LogP) is 1.57. The summed E-state index contributed by atoms with van der Waals surface area (Å²) in [6.45, 7) is 3.21. The Bertz CT molecular complexity index is 797. The van der Waals surface area contributed by atoms with Crippen molar-refractivity contribution in [2.45, 2.75) is 24.9 Å². The molecule has 1 aromatic carbocycles. The zero-order valence-corrected chi connectivity index (χ0v) is 14.7. The molecule has 1 heterocycles. The van der Waals surface area contributed by atoms with Crippen LogP contribution in [0.25, 0.3) is 0 Å². The summed E-state index contributed by atoms with van der Waals surface area (Å²) < 4.78 is 22.7. The van der Waals surface area contributed by atoms with E-state index in [9.17, 15) is 8.42 Å². The number of nitrogens with two attached hydrogens (primary N) is 1. The first-order valence-electron chi connectivity index (χ1n) is 7.00. The second kappa shape index (κ2) is 7.58. The summed E-state index contributed by atoms with van der Waals surface area (Å²) >= 11 is 1.73. The molecule has 0 fully saturated rings. The zero-order chi connectivity index (χ0) is 16.9. The van der Waals surface area contributed by atoms with E-state index < -0.39 is 10.0 Å². The standard InChI is InChI=1S/C15H20N4O2S2/c1-11-6-7-13(22-11)10-19-15(17-2)18-9-12-4-3-5-14(8-12)23(16,20)21/h3-8H,9-10H2,1-2H3,(H2,16,20,21)(H2,17,18,19). The Morgan fingerprint density at radius 3 is 2.57 bits per heavy atom. The minimum atomic E-state index is -3.69. The van der Waals surface area contributed by atoms with Crippen molar-refractivity contribution in [1.82, 2.24) is 10.6 Å². The van der Waals surface area contributed by atoms with Crippen LogP contribution in [0.3, 0.4) is 0 Å². The molecule has 0 bridgehead atoms. The van der Waals surface area contributed by atoms with Crippen molar-refractivity contribution in [3.8, 4) is 0 Å². The number of aliphatic imine (C=N–C) groups is 1. The van der Waals surface area contributed by atoms with Crippen molar-refractivity contribution in [2.24, 2.45) is 10.1 Å². The molecule has 0 aliphatic rings. The summed E-state index contributed by atoms with van der Waals surface area (Å²) in [7, 11) is -2.00. The Kier molecular flexibility index (Phi) is 5.75. The fourth-order valence-electron chi connectivity index (χ4n) is 1.99. The van der Waals surface area contributed by atoms with Gasteiger partial charge in [-0.1, -0.05) is 12.1 Å². The van der Waals surface area contributed by atoms with Crippen LogP contribution in [0, 0.1) is 6.92 Å². The van der Waals surface area contributed by atoms with Crippen molar-refractivity contribution < 1.29 is 8.42 Å². The number of thiophene rings is 1. The summed E-state index contributed by atoms with van der Waals surface area (Å²) in [5, 5.41) is 11.5. The van der Waals surface area contributed by atoms with E-state index >= 15 is 0 Å². The van der Waals surface area contributed by atoms with E-state index in [2.05, 4.69) is 34.7 Å². The lowest BCUT2D eigenvalue weighted by Gasteiger charge is -2.11. The quantitative estimate of drug-likeness (QED) is 0.562. The van der Waals surface area contributed by atoms with Crippen LogP contribution in [-0.2, 0) is 23.1 Å². The number of nitrogens with one attached hydrogen (secondary N) is 2. The number of benzene rings is 1. The largest absolute Gasteiger partial charge is 0.352 e. The smallest absolute Gasteiger partial charge is 0.238 e. The third kappa shape index (κ3) is 5.34. The molecule has 8 heteroatoms. The topological polar surface area (TPSA) is 96.6 Å². The highest BCUT2D eigenvalue weighted by Crippen LogP contribution is 2.14. The lowest BCUT2D eigenvalue weighted by Crippen LogP contribution is -2.36. The Morgan fingerprint density at radius 2 is 1.96 bits per heavy atom. The molecule has 0 saturated carbocycles. The van der Waals surface area contributed by atoms with Gasteiger partial charge in [0.1, 0.15) is 0 Å². The Labute approximate surface area is 140 Å². The van der Waals surface area contributed by atoms with Gasteiger partial charge >= 0.3 is 0 Å². The molecule has 0 spiro atoms. The van der Waals surface area contributed by atoms with E-state index in [4.69, 9.17) is 5.14 Å². The van der Waals surface area contributed by atoms with Crippen LogP contribution in [-0.4, -0.2) is 21.4 Å². The van der Waals surface area contributed by atoms with Crippen LogP contribution < -0.4 is 15.8 Å². The van der Waals surface area contributed by atoms with Gasteiger partial charge in [-0.25, -0.2) is 13.6 Å². The van der Waals surface area contributed by atoms with Crippen molar-refractivity contribution in [1.29, 1.82) is 0 Å². The molecule has 0 aliphatic carbocycles. The van der Waals surface area contributed by atoms with Crippen LogP contribution in [0.4, 0.5) is 0 Å². The molecule has 0 radical (unpaired) electrons. The number of aryl methyl sites for hydroxylation is 1. The lowest BCUT2D eigenvalue weighted by atomic mass is 10.2. The number of rotatable bonds is 5. The van der Waals surface area contributed by atoms with E-state index in [0.29, 0.717) is 19.0 Å². The van der Waals surface area contributed by atoms with E-state index in [0.717, 1.165) is 5.56 Å². The molecule has 2 rings (SSSR count).